The second-order valence-corrected chi connectivity index (χ2v) is 7.13. The number of nitrogens with zero attached hydrogens (tertiary/aromatic N) is 2. The third-order valence-electron chi connectivity index (χ3n) is 4.52. The highest BCUT2D eigenvalue weighted by atomic mass is 16.5. The maximum Gasteiger partial charge on any atom is 0.253 e. The van der Waals surface area contributed by atoms with Gasteiger partial charge in [-0.1, -0.05) is 0 Å². The first-order chi connectivity index (χ1) is 13.7. The molecule has 156 valence electrons. The molecular formula is C22H29N3O4. The van der Waals surface area contributed by atoms with Crippen molar-refractivity contribution in [2.24, 2.45) is 0 Å². The molecule has 0 heterocycles. The van der Waals surface area contributed by atoms with Crippen molar-refractivity contribution in [3.8, 4) is 11.5 Å². The molecule has 0 saturated heterocycles. The Labute approximate surface area is 172 Å². The van der Waals surface area contributed by atoms with Crippen molar-refractivity contribution >= 4 is 17.5 Å². The van der Waals surface area contributed by atoms with Gasteiger partial charge in [-0.05, 0) is 61.5 Å². The summed E-state index contributed by atoms with van der Waals surface area (Å²) in [5, 5.41) is 2.86. The van der Waals surface area contributed by atoms with E-state index in [4.69, 9.17) is 9.47 Å². The van der Waals surface area contributed by atoms with Gasteiger partial charge < -0.3 is 19.7 Å². The van der Waals surface area contributed by atoms with Gasteiger partial charge in [0.25, 0.3) is 5.91 Å². The maximum atomic E-state index is 12.4. The molecule has 2 aromatic rings. The van der Waals surface area contributed by atoms with Gasteiger partial charge in [0.1, 0.15) is 0 Å². The van der Waals surface area contributed by atoms with Crippen LogP contribution in [0.4, 0.5) is 5.69 Å². The number of likely N-dealkylation sites (N-methyl/N-ethyl adjacent to an activating group) is 1. The molecule has 2 rings (SSSR count). The van der Waals surface area contributed by atoms with Gasteiger partial charge in [0, 0.05) is 31.9 Å². The van der Waals surface area contributed by atoms with Gasteiger partial charge in [-0.2, -0.15) is 0 Å². The van der Waals surface area contributed by atoms with Crippen LogP contribution in [0, 0.1) is 6.92 Å². The first-order valence-corrected chi connectivity index (χ1v) is 9.26. The van der Waals surface area contributed by atoms with Gasteiger partial charge in [0.05, 0.1) is 20.8 Å². The van der Waals surface area contributed by atoms with E-state index in [1.54, 1.807) is 52.6 Å². The van der Waals surface area contributed by atoms with Crippen molar-refractivity contribution in [2.75, 3.05) is 47.2 Å². The van der Waals surface area contributed by atoms with E-state index in [0.29, 0.717) is 29.3 Å². The van der Waals surface area contributed by atoms with Gasteiger partial charge in [0.2, 0.25) is 5.91 Å². The summed E-state index contributed by atoms with van der Waals surface area (Å²) >= 11 is 0. The molecule has 2 aromatic carbocycles. The SMILES string of the molecule is COc1cc(C)c(CN(C)CC(=O)Nc2ccc(C(=O)N(C)C)cc2)cc1OC. The topological polar surface area (TPSA) is 71.1 Å². The Morgan fingerprint density at radius 3 is 2.10 bits per heavy atom. The van der Waals surface area contributed by atoms with Crippen LogP contribution in [0.25, 0.3) is 0 Å². The maximum absolute atomic E-state index is 12.4. The number of aryl methyl sites for hydroxylation is 1. The van der Waals surface area contributed by atoms with E-state index in [2.05, 4.69) is 5.32 Å². The second kappa shape index (κ2) is 9.93. The monoisotopic (exact) mass is 399 g/mol. The van der Waals surface area contributed by atoms with Gasteiger partial charge in [0.15, 0.2) is 11.5 Å². The molecule has 0 unspecified atom stereocenters. The Hall–Kier alpha value is -3.06. The molecule has 0 radical (unpaired) electrons. The number of hydrogen-bond acceptors (Lipinski definition) is 5. The molecule has 29 heavy (non-hydrogen) atoms. The fraction of sp³-hybridized carbons (Fsp3) is 0.364. The predicted molar refractivity (Wildman–Crippen MR) is 114 cm³/mol. The summed E-state index contributed by atoms with van der Waals surface area (Å²) in [6.07, 6.45) is 0. The van der Waals surface area contributed by atoms with Crippen LogP contribution in [-0.2, 0) is 11.3 Å². The highest BCUT2D eigenvalue weighted by molar-refractivity contribution is 5.96. The predicted octanol–water partition coefficient (Wildman–Crippen LogP) is 2.78. The van der Waals surface area contributed by atoms with Crippen LogP contribution in [0.1, 0.15) is 21.5 Å². The summed E-state index contributed by atoms with van der Waals surface area (Å²) in [5.41, 5.74) is 3.36. The van der Waals surface area contributed by atoms with Crippen LogP contribution >= 0.6 is 0 Å². The zero-order valence-electron chi connectivity index (χ0n) is 17.9. The zero-order valence-corrected chi connectivity index (χ0v) is 17.9. The van der Waals surface area contributed by atoms with E-state index in [0.717, 1.165) is 11.1 Å². The van der Waals surface area contributed by atoms with Crippen LogP contribution in [0.3, 0.4) is 0 Å². The molecule has 0 aliphatic carbocycles. The first-order valence-electron chi connectivity index (χ1n) is 9.26. The summed E-state index contributed by atoms with van der Waals surface area (Å²) in [5.74, 6) is 1.15. The van der Waals surface area contributed by atoms with Crippen LogP contribution in [0.5, 0.6) is 11.5 Å². The molecule has 7 nitrogen and oxygen atoms in total. The number of nitrogens with one attached hydrogen (secondary N) is 1. The summed E-state index contributed by atoms with van der Waals surface area (Å²) in [4.78, 5) is 27.7. The zero-order chi connectivity index (χ0) is 21.6. The minimum atomic E-state index is -0.127. The molecule has 0 aromatic heterocycles. The Balaban J connectivity index is 1.96. The Morgan fingerprint density at radius 1 is 0.966 bits per heavy atom. The summed E-state index contributed by atoms with van der Waals surface area (Å²) in [6, 6.07) is 10.7. The number of ether oxygens (including phenoxy) is 2. The smallest absolute Gasteiger partial charge is 0.253 e. The molecule has 0 fully saturated rings. The van der Waals surface area contributed by atoms with E-state index in [9.17, 15) is 9.59 Å². The minimum Gasteiger partial charge on any atom is -0.493 e. The number of methoxy groups -OCH3 is 2. The normalized spacial score (nSPS) is 10.6. The minimum absolute atomic E-state index is 0.0760. The van der Waals surface area contributed by atoms with Gasteiger partial charge >= 0.3 is 0 Å². The molecule has 0 aliphatic rings. The average Bonchev–Trinajstić information content (AvgIpc) is 2.68. The van der Waals surface area contributed by atoms with E-state index < -0.39 is 0 Å². The summed E-state index contributed by atoms with van der Waals surface area (Å²) in [6.45, 7) is 2.82. The molecule has 7 heteroatoms. The van der Waals surface area contributed by atoms with Crippen molar-refractivity contribution in [3.63, 3.8) is 0 Å². The third kappa shape index (κ3) is 5.96. The number of amides is 2. The lowest BCUT2D eigenvalue weighted by molar-refractivity contribution is -0.117. The van der Waals surface area contributed by atoms with Crippen LogP contribution in [0.15, 0.2) is 36.4 Å². The van der Waals surface area contributed by atoms with E-state index in [1.165, 1.54) is 4.90 Å². The Kier molecular flexibility index (Phi) is 7.61. The molecule has 0 spiro atoms. The lowest BCUT2D eigenvalue weighted by Crippen LogP contribution is -2.30. The van der Waals surface area contributed by atoms with Crippen molar-refractivity contribution < 1.29 is 19.1 Å². The fourth-order valence-electron chi connectivity index (χ4n) is 2.94. The number of rotatable bonds is 8. The molecule has 0 bridgehead atoms. The number of carbonyl (C=O) groups excluding carboxylic acids is 2. The highest BCUT2D eigenvalue weighted by Gasteiger charge is 2.13. The Morgan fingerprint density at radius 2 is 1.55 bits per heavy atom. The molecular weight excluding hydrogens is 370 g/mol. The van der Waals surface area contributed by atoms with Crippen molar-refractivity contribution in [3.05, 3.63) is 53.1 Å². The fourth-order valence-corrected chi connectivity index (χ4v) is 2.94. The lowest BCUT2D eigenvalue weighted by Gasteiger charge is -2.19. The quantitative estimate of drug-likeness (QED) is 0.739. The van der Waals surface area contributed by atoms with E-state index in [1.807, 2.05) is 31.0 Å². The molecule has 1 N–H and O–H groups in total. The summed E-state index contributed by atoms with van der Waals surface area (Å²) < 4.78 is 10.7. The summed E-state index contributed by atoms with van der Waals surface area (Å²) in [7, 11) is 8.50. The number of hydrogen-bond donors (Lipinski definition) is 1. The van der Waals surface area contributed by atoms with Crippen LogP contribution < -0.4 is 14.8 Å². The number of anilines is 1. The highest BCUT2D eigenvalue weighted by Crippen LogP contribution is 2.30. The number of carbonyl (C=O) groups is 2. The first kappa shape index (κ1) is 22.2. The standard InChI is InChI=1S/C22H29N3O4/c1-15-11-19(28-5)20(29-6)12-17(15)13-25(4)14-21(26)23-18-9-7-16(8-10-18)22(27)24(2)3/h7-12H,13-14H2,1-6H3,(H,23,26). The molecule has 0 atom stereocenters. The van der Waals surface area contributed by atoms with Crippen molar-refractivity contribution in [2.45, 2.75) is 13.5 Å². The lowest BCUT2D eigenvalue weighted by atomic mass is 10.1. The molecule has 0 saturated carbocycles. The average molecular weight is 399 g/mol. The molecule has 0 aliphatic heterocycles. The molecule has 2 amide bonds. The van der Waals surface area contributed by atoms with E-state index in [-0.39, 0.29) is 18.4 Å². The van der Waals surface area contributed by atoms with Crippen LogP contribution in [0.2, 0.25) is 0 Å². The van der Waals surface area contributed by atoms with Gasteiger partial charge in [-0.25, -0.2) is 0 Å². The van der Waals surface area contributed by atoms with Crippen LogP contribution in [-0.4, -0.2) is 63.5 Å². The Bertz CT molecular complexity index is 863. The van der Waals surface area contributed by atoms with Gasteiger partial charge in [-0.15, -0.1) is 0 Å². The van der Waals surface area contributed by atoms with Crippen molar-refractivity contribution in [1.29, 1.82) is 0 Å². The largest absolute Gasteiger partial charge is 0.493 e. The third-order valence-corrected chi connectivity index (χ3v) is 4.52. The van der Waals surface area contributed by atoms with Gasteiger partial charge in [-0.3, -0.25) is 14.5 Å². The second-order valence-electron chi connectivity index (χ2n) is 7.13. The van der Waals surface area contributed by atoms with Crippen molar-refractivity contribution in [1.82, 2.24) is 9.80 Å². The van der Waals surface area contributed by atoms with E-state index >= 15 is 0 Å². The number of benzene rings is 2.